The van der Waals surface area contributed by atoms with E-state index in [0.29, 0.717) is 5.56 Å². The maximum absolute atomic E-state index is 12.9. The highest BCUT2D eigenvalue weighted by molar-refractivity contribution is 6.04. The molecule has 1 aromatic carbocycles. The number of carbonyl (C=O) groups is 1. The van der Waals surface area contributed by atoms with Crippen molar-refractivity contribution >= 4 is 11.6 Å². The minimum Gasteiger partial charge on any atom is -0.501 e. The molecular weight excluding hydrogens is 450 g/mol. The van der Waals surface area contributed by atoms with Gasteiger partial charge in [-0.05, 0) is 24.1 Å². The highest BCUT2D eigenvalue weighted by Crippen LogP contribution is 2.40. The lowest BCUT2D eigenvalue weighted by Crippen LogP contribution is -2.30. The number of anilines is 1. The Morgan fingerprint density at radius 1 is 1.26 bits per heavy atom. The molecule has 11 heteroatoms. The lowest BCUT2D eigenvalue weighted by Gasteiger charge is -2.27. The smallest absolute Gasteiger partial charge is 0.296 e. The quantitative estimate of drug-likeness (QED) is 0.433. The van der Waals surface area contributed by atoms with Crippen LogP contribution in [0.2, 0.25) is 0 Å². The predicted octanol–water partition coefficient (Wildman–Crippen LogP) is 2.58. The van der Waals surface area contributed by atoms with E-state index in [9.17, 15) is 20.0 Å². The fourth-order valence-corrected chi connectivity index (χ4v) is 4.31. The third kappa shape index (κ3) is 4.17. The Hall–Kier alpha value is -4.72. The minimum absolute atomic E-state index is 0.248. The zero-order valence-electron chi connectivity index (χ0n) is 19.6. The number of aryl methyl sites for hydroxylation is 2. The van der Waals surface area contributed by atoms with E-state index in [1.807, 2.05) is 26.0 Å². The second-order valence-corrected chi connectivity index (χ2v) is 8.20. The fourth-order valence-electron chi connectivity index (χ4n) is 4.31. The number of aromatic nitrogens is 5. The molecule has 2 unspecified atom stereocenters. The average molecular weight is 473 g/mol. The Bertz CT molecular complexity index is 1480. The molecule has 11 nitrogen and oxygen atoms in total. The van der Waals surface area contributed by atoms with Gasteiger partial charge in [-0.25, -0.2) is 4.98 Å². The van der Waals surface area contributed by atoms with E-state index in [4.69, 9.17) is 4.52 Å². The van der Waals surface area contributed by atoms with Crippen LogP contribution in [0.3, 0.4) is 0 Å². The molecule has 0 radical (unpaired) electrons. The van der Waals surface area contributed by atoms with Gasteiger partial charge < -0.3 is 14.9 Å². The summed E-state index contributed by atoms with van der Waals surface area (Å²) in [6.07, 6.45) is 4.21. The van der Waals surface area contributed by atoms with Gasteiger partial charge in [-0.3, -0.25) is 18.8 Å². The van der Waals surface area contributed by atoms with Gasteiger partial charge in [0.2, 0.25) is 5.75 Å². The number of nitrogens with zero attached hydrogens (tertiary/aromatic N) is 6. The number of hydrogen-bond donors (Lipinski definition) is 2. The molecule has 0 aliphatic heterocycles. The molecule has 4 rings (SSSR count). The number of nitriles is 1. The SMILES string of the molecule is Cc1cnn(C)c1C(c1ccccc1C#N)C(C)c1nc(C(=O)Nc2cnoc2)c(O)c(=O)n1C. The summed E-state index contributed by atoms with van der Waals surface area (Å²) in [7, 11) is 3.28. The average Bonchev–Trinajstić information content (AvgIpc) is 3.48. The number of amides is 1. The number of carbonyl (C=O) groups excluding carboxylic acids is 1. The molecule has 0 spiro atoms. The molecule has 0 aliphatic rings. The Labute approximate surface area is 200 Å². The summed E-state index contributed by atoms with van der Waals surface area (Å²) < 4.78 is 7.64. The summed E-state index contributed by atoms with van der Waals surface area (Å²) in [5.41, 5.74) is 1.98. The maximum Gasteiger partial charge on any atom is 0.296 e. The van der Waals surface area contributed by atoms with Crippen LogP contribution >= 0.6 is 0 Å². The van der Waals surface area contributed by atoms with Gasteiger partial charge in [-0.15, -0.1) is 0 Å². The molecular formula is C24H23N7O4. The Morgan fingerprint density at radius 3 is 2.63 bits per heavy atom. The van der Waals surface area contributed by atoms with Gasteiger partial charge in [0.15, 0.2) is 5.69 Å². The van der Waals surface area contributed by atoms with Crippen molar-refractivity contribution in [1.82, 2.24) is 24.5 Å². The highest BCUT2D eigenvalue weighted by Gasteiger charge is 2.33. The van der Waals surface area contributed by atoms with Gasteiger partial charge in [0, 0.05) is 31.6 Å². The topological polar surface area (TPSA) is 152 Å². The number of aromatic hydroxyl groups is 1. The van der Waals surface area contributed by atoms with E-state index in [0.717, 1.165) is 16.8 Å². The van der Waals surface area contributed by atoms with Gasteiger partial charge >= 0.3 is 0 Å². The van der Waals surface area contributed by atoms with E-state index in [-0.39, 0.29) is 11.5 Å². The van der Waals surface area contributed by atoms with Crippen LogP contribution in [0.5, 0.6) is 5.75 Å². The number of benzene rings is 1. The van der Waals surface area contributed by atoms with Crippen LogP contribution in [-0.4, -0.2) is 35.5 Å². The second-order valence-electron chi connectivity index (χ2n) is 8.20. The van der Waals surface area contributed by atoms with E-state index in [1.165, 1.54) is 24.1 Å². The van der Waals surface area contributed by atoms with Crippen molar-refractivity contribution in [2.75, 3.05) is 5.32 Å². The van der Waals surface area contributed by atoms with Gasteiger partial charge in [0.1, 0.15) is 17.8 Å². The third-order valence-electron chi connectivity index (χ3n) is 6.00. The first-order chi connectivity index (χ1) is 16.7. The molecule has 3 heterocycles. The van der Waals surface area contributed by atoms with Crippen molar-refractivity contribution in [2.24, 2.45) is 14.1 Å². The summed E-state index contributed by atoms with van der Waals surface area (Å²) in [5, 5.41) is 30.6. The molecule has 35 heavy (non-hydrogen) atoms. The molecule has 3 aromatic heterocycles. The zero-order valence-corrected chi connectivity index (χ0v) is 19.6. The van der Waals surface area contributed by atoms with E-state index < -0.39 is 34.7 Å². The van der Waals surface area contributed by atoms with Gasteiger partial charge in [0.05, 0.1) is 24.0 Å². The molecule has 0 saturated heterocycles. The minimum atomic E-state index is -0.789. The van der Waals surface area contributed by atoms with E-state index in [1.54, 1.807) is 30.1 Å². The molecule has 2 atom stereocenters. The van der Waals surface area contributed by atoms with Crippen LogP contribution in [0.25, 0.3) is 0 Å². The summed E-state index contributed by atoms with van der Waals surface area (Å²) in [5.74, 6) is -2.25. The highest BCUT2D eigenvalue weighted by atomic mass is 16.5. The molecule has 178 valence electrons. The molecule has 0 saturated carbocycles. The van der Waals surface area contributed by atoms with Crippen molar-refractivity contribution in [3.05, 3.63) is 87.2 Å². The second kappa shape index (κ2) is 9.26. The first-order valence-electron chi connectivity index (χ1n) is 10.7. The number of hydrogen-bond acceptors (Lipinski definition) is 8. The first-order valence-corrected chi connectivity index (χ1v) is 10.7. The van der Waals surface area contributed by atoms with Gasteiger partial charge in [-0.1, -0.05) is 30.3 Å². The first kappa shape index (κ1) is 23.4. The third-order valence-corrected chi connectivity index (χ3v) is 6.00. The van der Waals surface area contributed by atoms with Crippen LogP contribution in [0.1, 0.15) is 57.5 Å². The van der Waals surface area contributed by atoms with Crippen molar-refractivity contribution in [3.63, 3.8) is 0 Å². The van der Waals surface area contributed by atoms with Crippen LogP contribution in [0.4, 0.5) is 5.69 Å². The van der Waals surface area contributed by atoms with Crippen LogP contribution in [0, 0.1) is 18.3 Å². The Balaban J connectivity index is 1.90. The molecule has 2 N–H and O–H groups in total. The number of rotatable bonds is 6. The largest absolute Gasteiger partial charge is 0.501 e. The summed E-state index contributed by atoms with van der Waals surface area (Å²) in [6.45, 7) is 3.77. The van der Waals surface area contributed by atoms with E-state index >= 15 is 0 Å². The predicted molar refractivity (Wildman–Crippen MR) is 125 cm³/mol. The normalized spacial score (nSPS) is 12.7. The molecule has 1 amide bonds. The monoisotopic (exact) mass is 473 g/mol. The van der Waals surface area contributed by atoms with Crippen molar-refractivity contribution in [2.45, 2.75) is 25.7 Å². The Kier molecular flexibility index (Phi) is 6.20. The molecule has 0 fully saturated rings. The molecule has 0 bridgehead atoms. The summed E-state index contributed by atoms with van der Waals surface area (Å²) in [6, 6.07) is 9.43. The summed E-state index contributed by atoms with van der Waals surface area (Å²) in [4.78, 5) is 30.2. The lowest BCUT2D eigenvalue weighted by atomic mass is 9.80. The van der Waals surface area contributed by atoms with E-state index in [2.05, 4.69) is 26.6 Å². The fraction of sp³-hybridized carbons (Fsp3) is 0.250. The van der Waals surface area contributed by atoms with Crippen LogP contribution in [0.15, 0.2) is 52.2 Å². The van der Waals surface area contributed by atoms with Gasteiger partial charge in [-0.2, -0.15) is 10.4 Å². The van der Waals surface area contributed by atoms with Crippen molar-refractivity contribution in [3.8, 4) is 11.8 Å². The van der Waals surface area contributed by atoms with Crippen molar-refractivity contribution < 1.29 is 14.4 Å². The number of nitrogens with one attached hydrogen (secondary N) is 1. The van der Waals surface area contributed by atoms with Crippen molar-refractivity contribution in [1.29, 1.82) is 5.26 Å². The lowest BCUT2D eigenvalue weighted by molar-refractivity contribution is 0.101. The molecule has 0 aliphatic carbocycles. The Morgan fingerprint density at radius 2 is 2.00 bits per heavy atom. The standard InChI is InChI=1S/C24H23N7O4/c1-13-10-26-31(4)20(13)18(17-8-6-5-7-15(17)9-25)14(2)22-29-19(21(32)24(34)30(22)3)23(33)28-16-11-27-35-12-16/h5-8,10-12,14,18,32H,1-4H3,(H,28,33). The van der Waals surface area contributed by atoms with Crippen LogP contribution < -0.4 is 10.9 Å². The maximum atomic E-state index is 12.9. The summed E-state index contributed by atoms with van der Waals surface area (Å²) >= 11 is 0. The van der Waals surface area contributed by atoms with Crippen LogP contribution in [-0.2, 0) is 14.1 Å². The zero-order chi connectivity index (χ0) is 25.3. The van der Waals surface area contributed by atoms with Gasteiger partial charge in [0.25, 0.3) is 11.5 Å². The molecule has 4 aromatic rings.